The van der Waals surface area contributed by atoms with Crippen LogP contribution in [-0.2, 0) is 9.53 Å². The summed E-state index contributed by atoms with van der Waals surface area (Å²) in [5, 5.41) is 9.66. The van der Waals surface area contributed by atoms with Gasteiger partial charge in [0.1, 0.15) is 0 Å². The number of likely N-dealkylation sites (tertiary alicyclic amines) is 1. The molecule has 2 atom stereocenters. The van der Waals surface area contributed by atoms with Crippen LogP contribution >= 0.6 is 0 Å². The van der Waals surface area contributed by atoms with Gasteiger partial charge in [0, 0.05) is 19.2 Å². The summed E-state index contributed by atoms with van der Waals surface area (Å²) >= 11 is 0. The minimum absolute atomic E-state index is 0.148. The molecule has 3 rings (SSSR count). The number of hydrogen-bond acceptors (Lipinski definition) is 3. The van der Waals surface area contributed by atoms with E-state index in [0.29, 0.717) is 6.04 Å². The Morgan fingerprint density at radius 3 is 2.60 bits per heavy atom. The van der Waals surface area contributed by atoms with Crippen molar-refractivity contribution < 1.29 is 14.6 Å². The third-order valence-corrected chi connectivity index (χ3v) is 6.11. The molecule has 0 aromatic heterocycles. The average molecular weight is 281 g/mol. The zero-order chi connectivity index (χ0) is 14.4. The first-order valence-corrected chi connectivity index (χ1v) is 8.09. The Morgan fingerprint density at radius 2 is 2.10 bits per heavy atom. The number of carboxylic acids is 1. The molecule has 2 saturated heterocycles. The van der Waals surface area contributed by atoms with Crippen molar-refractivity contribution in [1.82, 2.24) is 4.90 Å². The highest BCUT2D eigenvalue weighted by molar-refractivity contribution is 5.75. The fourth-order valence-corrected chi connectivity index (χ4v) is 4.30. The van der Waals surface area contributed by atoms with Crippen LogP contribution in [0.1, 0.15) is 52.4 Å². The molecule has 0 aromatic carbocycles. The highest BCUT2D eigenvalue weighted by atomic mass is 16.5. The summed E-state index contributed by atoms with van der Waals surface area (Å²) in [5.74, 6) is -0.414. The highest BCUT2D eigenvalue weighted by Crippen LogP contribution is 2.46. The molecule has 1 N–H and O–H groups in total. The Bertz CT molecular complexity index is 391. The lowest BCUT2D eigenvalue weighted by Gasteiger charge is -2.49. The topological polar surface area (TPSA) is 49.8 Å². The second-order valence-corrected chi connectivity index (χ2v) is 7.37. The van der Waals surface area contributed by atoms with Gasteiger partial charge in [-0.1, -0.05) is 13.8 Å². The normalized spacial score (nSPS) is 37.2. The Morgan fingerprint density at radius 1 is 1.35 bits per heavy atom. The molecular formula is C16H27NO3. The van der Waals surface area contributed by atoms with Crippen LogP contribution in [0.3, 0.4) is 0 Å². The first-order chi connectivity index (χ1) is 9.47. The van der Waals surface area contributed by atoms with E-state index in [2.05, 4.69) is 18.7 Å². The van der Waals surface area contributed by atoms with E-state index in [-0.39, 0.29) is 11.5 Å². The number of aliphatic carboxylic acids is 1. The van der Waals surface area contributed by atoms with E-state index in [1.165, 1.54) is 19.3 Å². The van der Waals surface area contributed by atoms with E-state index < -0.39 is 11.4 Å². The van der Waals surface area contributed by atoms with Crippen LogP contribution in [0.2, 0.25) is 0 Å². The summed E-state index contributed by atoms with van der Waals surface area (Å²) in [5.41, 5.74) is -0.389. The lowest BCUT2D eigenvalue weighted by atomic mass is 9.73. The lowest BCUT2D eigenvalue weighted by molar-refractivity contribution is -0.154. The van der Waals surface area contributed by atoms with Gasteiger partial charge in [-0.25, -0.2) is 0 Å². The maximum absolute atomic E-state index is 11.7. The van der Waals surface area contributed by atoms with E-state index in [1.54, 1.807) is 0 Å². The Kier molecular flexibility index (Phi) is 3.57. The Hall–Kier alpha value is -0.610. The summed E-state index contributed by atoms with van der Waals surface area (Å²) in [6.45, 7) is 6.61. The molecule has 2 heterocycles. The van der Waals surface area contributed by atoms with Gasteiger partial charge in [0.05, 0.1) is 11.0 Å². The maximum Gasteiger partial charge on any atom is 0.311 e. The summed E-state index contributed by atoms with van der Waals surface area (Å²) in [7, 11) is 0. The van der Waals surface area contributed by atoms with E-state index >= 15 is 0 Å². The first-order valence-electron chi connectivity index (χ1n) is 8.09. The number of hydrogen-bond donors (Lipinski definition) is 1. The molecule has 2 unspecified atom stereocenters. The molecule has 2 aliphatic heterocycles. The quantitative estimate of drug-likeness (QED) is 0.863. The summed E-state index contributed by atoms with van der Waals surface area (Å²) < 4.78 is 6.00. The molecule has 3 fully saturated rings. The van der Waals surface area contributed by atoms with Crippen LogP contribution in [0.15, 0.2) is 0 Å². The minimum atomic E-state index is -0.611. The number of nitrogens with zero attached hydrogens (tertiary/aromatic N) is 1. The standard InChI is InChI=1S/C16H27NO3/c1-12(2)16(14(18)19)7-8-17(11-16)13-4-9-20-15(10-13)5-3-6-15/h12-13H,3-11H2,1-2H3,(H,18,19). The van der Waals surface area contributed by atoms with Gasteiger partial charge in [-0.15, -0.1) is 0 Å². The minimum Gasteiger partial charge on any atom is -0.481 e. The largest absolute Gasteiger partial charge is 0.481 e. The van der Waals surface area contributed by atoms with Gasteiger partial charge in [0.25, 0.3) is 0 Å². The van der Waals surface area contributed by atoms with E-state index in [0.717, 1.165) is 39.0 Å². The molecule has 3 aliphatic rings. The van der Waals surface area contributed by atoms with Gasteiger partial charge in [-0.2, -0.15) is 0 Å². The molecule has 1 aliphatic carbocycles. The summed E-state index contributed by atoms with van der Waals surface area (Å²) in [4.78, 5) is 14.2. The number of carbonyl (C=O) groups is 1. The van der Waals surface area contributed by atoms with Crippen LogP contribution < -0.4 is 0 Å². The van der Waals surface area contributed by atoms with Crippen molar-refractivity contribution in [2.75, 3.05) is 19.7 Å². The van der Waals surface area contributed by atoms with Crippen LogP contribution in [-0.4, -0.2) is 47.3 Å². The highest BCUT2D eigenvalue weighted by Gasteiger charge is 2.51. The molecule has 0 aromatic rings. The second kappa shape index (κ2) is 4.99. The van der Waals surface area contributed by atoms with Crippen molar-refractivity contribution in [1.29, 1.82) is 0 Å². The van der Waals surface area contributed by atoms with E-state index in [1.807, 2.05) is 0 Å². The van der Waals surface area contributed by atoms with Crippen LogP contribution in [0.4, 0.5) is 0 Å². The zero-order valence-electron chi connectivity index (χ0n) is 12.7. The predicted octanol–water partition coefficient (Wildman–Crippen LogP) is 2.52. The van der Waals surface area contributed by atoms with Gasteiger partial charge >= 0.3 is 5.97 Å². The third kappa shape index (κ3) is 2.17. The fourth-order valence-electron chi connectivity index (χ4n) is 4.30. The lowest BCUT2D eigenvalue weighted by Crippen LogP contribution is -2.52. The van der Waals surface area contributed by atoms with Gasteiger partial charge in [-0.05, 0) is 51.0 Å². The molecule has 20 heavy (non-hydrogen) atoms. The van der Waals surface area contributed by atoms with Crippen molar-refractivity contribution in [3.8, 4) is 0 Å². The Labute approximate surface area is 121 Å². The number of carboxylic acid groups (broad SMARTS) is 1. The molecule has 4 nitrogen and oxygen atoms in total. The van der Waals surface area contributed by atoms with E-state index in [9.17, 15) is 9.90 Å². The molecule has 1 spiro atoms. The van der Waals surface area contributed by atoms with Crippen molar-refractivity contribution in [3.63, 3.8) is 0 Å². The average Bonchev–Trinajstić information content (AvgIpc) is 2.83. The predicted molar refractivity (Wildman–Crippen MR) is 76.7 cm³/mol. The van der Waals surface area contributed by atoms with Crippen LogP contribution in [0, 0.1) is 11.3 Å². The second-order valence-electron chi connectivity index (χ2n) is 7.37. The Balaban J connectivity index is 1.68. The summed E-state index contributed by atoms with van der Waals surface area (Å²) in [6.07, 6.45) is 6.66. The van der Waals surface area contributed by atoms with Crippen LogP contribution in [0.25, 0.3) is 0 Å². The van der Waals surface area contributed by atoms with Gasteiger partial charge in [0.2, 0.25) is 0 Å². The van der Waals surface area contributed by atoms with Gasteiger partial charge < -0.3 is 9.84 Å². The molecule has 0 amide bonds. The van der Waals surface area contributed by atoms with Crippen molar-refractivity contribution in [2.24, 2.45) is 11.3 Å². The molecular weight excluding hydrogens is 254 g/mol. The molecule has 0 bridgehead atoms. The first kappa shape index (κ1) is 14.3. The van der Waals surface area contributed by atoms with Crippen LogP contribution in [0.5, 0.6) is 0 Å². The molecule has 114 valence electrons. The van der Waals surface area contributed by atoms with Crippen molar-refractivity contribution in [3.05, 3.63) is 0 Å². The number of rotatable bonds is 3. The summed E-state index contributed by atoms with van der Waals surface area (Å²) in [6, 6.07) is 0.532. The smallest absolute Gasteiger partial charge is 0.311 e. The molecule has 4 heteroatoms. The maximum atomic E-state index is 11.7. The van der Waals surface area contributed by atoms with Crippen molar-refractivity contribution in [2.45, 2.75) is 64.0 Å². The molecule has 1 saturated carbocycles. The number of ether oxygens (including phenoxy) is 1. The monoisotopic (exact) mass is 281 g/mol. The third-order valence-electron chi connectivity index (χ3n) is 6.11. The van der Waals surface area contributed by atoms with Crippen molar-refractivity contribution >= 4 is 5.97 Å². The van der Waals surface area contributed by atoms with E-state index in [4.69, 9.17) is 4.74 Å². The SMILES string of the molecule is CC(C)C1(C(=O)O)CCN(C2CCOC3(CCC3)C2)C1. The van der Waals surface area contributed by atoms with Gasteiger partial charge in [0.15, 0.2) is 0 Å². The fraction of sp³-hybridized carbons (Fsp3) is 0.938. The van der Waals surface area contributed by atoms with Gasteiger partial charge in [-0.3, -0.25) is 9.69 Å². The zero-order valence-corrected chi connectivity index (χ0v) is 12.7. The molecule has 0 radical (unpaired) electrons.